The molecule has 3 aromatic rings. The lowest BCUT2D eigenvalue weighted by Gasteiger charge is -2.30. The van der Waals surface area contributed by atoms with E-state index in [2.05, 4.69) is 10.3 Å². The van der Waals surface area contributed by atoms with Gasteiger partial charge in [0.2, 0.25) is 0 Å². The maximum Gasteiger partial charge on any atom is 0.338 e. The third-order valence-corrected chi connectivity index (χ3v) is 6.31. The van der Waals surface area contributed by atoms with Gasteiger partial charge in [-0.05, 0) is 48.7 Å². The van der Waals surface area contributed by atoms with Crippen LogP contribution < -0.4 is 14.8 Å². The van der Waals surface area contributed by atoms with Crippen LogP contribution in [0.1, 0.15) is 41.6 Å². The van der Waals surface area contributed by atoms with E-state index < -0.39 is 5.97 Å². The number of hydrogen-bond acceptors (Lipinski definition) is 5. The summed E-state index contributed by atoms with van der Waals surface area (Å²) in [5, 5.41) is 3.76. The van der Waals surface area contributed by atoms with Gasteiger partial charge in [-0.2, -0.15) is 0 Å². The van der Waals surface area contributed by atoms with Crippen LogP contribution in [0.2, 0.25) is 0 Å². The van der Waals surface area contributed by atoms with Gasteiger partial charge in [-0.25, -0.2) is 9.59 Å². The number of benzene rings is 2. The van der Waals surface area contributed by atoms with Crippen molar-refractivity contribution < 1.29 is 23.8 Å². The molecule has 1 aliphatic carbocycles. The van der Waals surface area contributed by atoms with Crippen molar-refractivity contribution >= 4 is 28.6 Å². The van der Waals surface area contributed by atoms with E-state index in [1.165, 1.54) is 7.11 Å². The van der Waals surface area contributed by atoms with Crippen LogP contribution in [-0.2, 0) is 11.3 Å². The zero-order valence-electron chi connectivity index (χ0n) is 18.6. The SMILES string of the molecule is COC(=O)c1cc(NC(=O)N(Cc2ccc3c(c2)OCCO3)C2CCCC2)cc2[nH]ccc12. The first kappa shape index (κ1) is 21.2. The molecule has 2 heterocycles. The van der Waals surface area contributed by atoms with Crippen molar-refractivity contribution in [2.24, 2.45) is 0 Å². The van der Waals surface area contributed by atoms with Crippen molar-refractivity contribution in [3.05, 3.63) is 53.7 Å². The average molecular weight is 450 g/mol. The number of methoxy groups -OCH3 is 1. The second-order valence-corrected chi connectivity index (χ2v) is 8.43. The molecular weight excluding hydrogens is 422 g/mol. The number of hydrogen-bond donors (Lipinski definition) is 2. The standard InChI is InChI=1S/C25H27N3O5/c1-31-24(29)20-13-17(14-21-19(20)8-9-26-21)27-25(30)28(18-4-2-3-5-18)15-16-6-7-22-23(12-16)33-11-10-32-22/h6-9,12-14,18,26H,2-5,10-11,15H2,1H3,(H,27,30). The number of urea groups is 1. The van der Waals surface area contributed by atoms with E-state index in [9.17, 15) is 9.59 Å². The maximum absolute atomic E-state index is 13.5. The van der Waals surface area contributed by atoms with Gasteiger partial charge >= 0.3 is 12.0 Å². The van der Waals surface area contributed by atoms with E-state index in [-0.39, 0.29) is 12.1 Å². The molecule has 1 fully saturated rings. The molecule has 2 aromatic carbocycles. The van der Waals surface area contributed by atoms with Gasteiger partial charge in [0, 0.05) is 35.4 Å². The van der Waals surface area contributed by atoms with Crippen LogP contribution in [0.4, 0.5) is 10.5 Å². The average Bonchev–Trinajstić information content (AvgIpc) is 3.53. The Morgan fingerprint density at radius 1 is 1.09 bits per heavy atom. The molecule has 0 saturated heterocycles. The number of nitrogens with one attached hydrogen (secondary N) is 2. The molecule has 1 aromatic heterocycles. The van der Waals surface area contributed by atoms with Crippen molar-refractivity contribution in [3.8, 4) is 11.5 Å². The summed E-state index contributed by atoms with van der Waals surface area (Å²) in [5.41, 5.74) is 2.69. The van der Waals surface area contributed by atoms with E-state index >= 15 is 0 Å². The smallest absolute Gasteiger partial charge is 0.338 e. The Kier molecular flexibility index (Phi) is 5.81. The molecule has 2 aliphatic rings. The normalized spacial score (nSPS) is 15.4. The van der Waals surface area contributed by atoms with E-state index in [1.807, 2.05) is 35.2 Å². The number of fused-ring (bicyclic) bond motifs is 2. The summed E-state index contributed by atoms with van der Waals surface area (Å²) in [6.45, 7) is 1.52. The minimum absolute atomic E-state index is 0.160. The third-order valence-electron chi connectivity index (χ3n) is 6.31. The van der Waals surface area contributed by atoms with Crippen molar-refractivity contribution in [1.29, 1.82) is 0 Å². The first-order valence-corrected chi connectivity index (χ1v) is 11.3. The number of aromatic nitrogens is 1. The van der Waals surface area contributed by atoms with Crippen LogP contribution in [-0.4, -0.2) is 48.2 Å². The van der Waals surface area contributed by atoms with Crippen molar-refractivity contribution in [1.82, 2.24) is 9.88 Å². The van der Waals surface area contributed by atoms with Gasteiger partial charge in [-0.3, -0.25) is 0 Å². The number of carbonyl (C=O) groups excluding carboxylic acids is 2. The Balaban J connectivity index is 1.41. The molecule has 1 saturated carbocycles. The van der Waals surface area contributed by atoms with Gasteiger partial charge < -0.3 is 29.4 Å². The molecule has 0 spiro atoms. The van der Waals surface area contributed by atoms with Gasteiger partial charge in [0.15, 0.2) is 11.5 Å². The highest BCUT2D eigenvalue weighted by atomic mass is 16.6. The van der Waals surface area contributed by atoms with E-state index in [0.717, 1.165) is 47.9 Å². The molecule has 0 bridgehead atoms. The van der Waals surface area contributed by atoms with Gasteiger partial charge in [-0.1, -0.05) is 18.9 Å². The van der Waals surface area contributed by atoms with Gasteiger partial charge in [0.05, 0.1) is 12.7 Å². The lowest BCUT2D eigenvalue weighted by Crippen LogP contribution is -2.41. The highest BCUT2D eigenvalue weighted by molar-refractivity contribution is 6.06. The Morgan fingerprint density at radius 2 is 1.88 bits per heavy atom. The molecule has 8 nitrogen and oxygen atoms in total. The lowest BCUT2D eigenvalue weighted by molar-refractivity contribution is 0.0603. The summed E-state index contributed by atoms with van der Waals surface area (Å²) in [6, 6.07) is 11.1. The van der Waals surface area contributed by atoms with Crippen LogP contribution in [0.25, 0.3) is 10.9 Å². The van der Waals surface area contributed by atoms with Gasteiger partial charge in [-0.15, -0.1) is 0 Å². The fourth-order valence-corrected chi connectivity index (χ4v) is 4.68. The Bertz CT molecular complexity index is 1180. The van der Waals surface area contributed by atoms with E-state index in [4.69, 9.17) is 14.2 Å². The predicted octanol–water partition coefficient (Wildman–Crippen LogP) is 4.70. The number of H-pyrrole nitrogens is 1. The Labute approximate surface area is 191 Å². The minimum Gasteiger partial charge on any atom is -0.486 e. The van der Waals surface area contributed by atoms with Crippen LogP contribution in [0.3, 0.4) is 0 Å². The van der Waals surface area contributed by atoms with Gasteiger partial charge in [0.1, 0.15) is 13.2 Å². The summed E-state index contributed by atoms with van der Waals surface area (Å²) in [7, 11) is 1.35. The summed E-state index contributed by atoms with van der Waals surface area (Å²) in [5.74, 6) is 1.00. The molecule has 0 radical (unpaired) electrons. The fraction of sp³-hybridized carbons (Fsp3) is 0.360. The van der Waals surface area contributed by atoms with E-state index in [0.29, 0.717) is 36.8 Å². The number of carbonyl (C=O) groups is 2. The number of anilines is 1. The molecule has 2 N–H and O–H groups in total. The molecule has 5 rings (SSSR count). The van der Waals surface area contributed by atoms with Gasteiger partial charge in [0.25, 0.3) is 0 Å². The second-order valence-electron chi connectivity index (χ2n) is 8.43. The molecule has 172 valence electrons. The topological polar surface area (TPSA) is 92.9 Å². The summed E-state index contributed by atoms with van der Waals surface area (Å²) < 4.78 is 16.3. The van der Waals surface area contributed by atoms with Crippen LogP contribution in [0.5, 0.6) is 11.5 Å². The second kappa shape index (κ2) is 9.05. The third kappa shape index (κ3) is 4.33. The number of aromatic amines is 1. The molecule has 33 heavy (non-hydrogen) atoms. The summed E-state index contributed by atoms with van der Waals surface area (Å²) in [6.07, 6.45) is 5.92. The minimum atomic E-state index is -0.445. The fourth-order valence-electron chi connectivity index (χ4n) is 4.68. The van der Waals surface area contributed by atoms with Crippen molar-refractivity contribution in [2.75, 3.05) is 25.6 Å². The van der Waals surface area contributed by atoms with Crippen LogP contribution in [0, 0.1) is 0 Å². The lowest BCUT2D eigenvalue weighted by atomic mass is 10.1. The maximum atomic E-state index is 13.5. The molecular formula is C25H27N3O5. The quantitative estimate of drug-likeness (QED) is 0.551. The largest absolute Gasteiger partial charge is 0.486 e. The Hall–Kier alpha value is -3.68. The molecule has 0 unspecified atom stereocenters. The number of esters is 1. The highest BCUT2D eigenvalue weighted by Gasteiger charge is 2.28. The number of rotatable bonds is 5. The first-order chi connectivity index (χ1) is 16.1. The number of nitrogens with zero attached hydrogens (tertiary/aromatic N) is 1. The van der Waals surface area contributed by atoms with Crippen LogP contribution >= 0.6 is 0 Å². The van der Waals surface area contributed by atoms with Crippen LogP contribution in [0.15, 0.2) is 42.6 Å². The predicted molar refractivity (Wildman–Crippen MR) is 124 cm³/mol. The molecule has 8 heteroatoms. The zero-order valence-corrected chi connectivity index (χ0v) is 18.6. The zero-order chi connectivity index (χ0) is 22.8. The van der Waals surface area contributed by atoms with E-state index in [1.54, 1.807) is 12.3 Å². The summed E-state index contributed by atoms with van der Waals surface area (Å²) in [4.78, 5) is 30.7. The molecule has 1 aliphatic heterocycles. The molecule has 0 atom stereocenters. The highest BCUT2D eigenvalue weighted by Crippen LogP contribution is 2.33. The molecule has 2 amide bonds. The van der Waals surface area contributed by atoms with Crippen molar-refractivity contribution in [3.63, 3.8) is 0 Å². The Morgan fingerprint density at radius 3 is 2.67 bits per heavy atom. The number of amides is 2. The summed E-state index contributed by atoms with van der Waals surface area (Å²) >= 11 is 0. The number of ether oxygens (including phenoxy) is 3. The van der Waals surface area contributed by atoms with Crippen molar-refractivity contribution in [2.45, 2.75) is 38.3 Å². The first-order valence-electron chi connectivity index (χ1n) is 11.3. The monoisotopic (exact) mass is 449 g/mol.